The van der Waals surface area contributed by atoms with Crippen LogP contribution in [0.2, 0.25) is 0 Å². The number of ether oxygens (including phenoxy) is 1. The molecule has 0 heterocycles. The largest absolute Gasteiger partial charge is 0.756 e. The third-order valence-electron chi connectivity index (χ3n) is 13.5. The van der Waals surface area contributed by atoms with Crippen LogP contribution in [0, 0.1) is 0 Å². The summed E-state index contributed by atoms with van der Waals surface area (Å²) in [7, 11) is 1.15. The van der Waals surface area contributed by atoms with Crippen LogP contribution in [0.4, 0.5) is 0 Å². The second-order valence-electron chi connectivity index (χ2n) is 22.2. The van der Waals surface area contributed by atoms with Gasteiger partial charge in [-0.3, -0.25) is 14.2 Å². The van der Waals surface area contributed by atoms with Crippen molar-refractivity contribution in [2.24, 2.45) is 0 Å². The summed E-state index contributed by atoms with van der Waals surface area (Å²) in [5.74, 6) is -0.582. The monoisotopic (exact) mass is 1090 g/mol. The van der Waals surface area contributed by atoms with Gasteiger partial charge in [-0.15, -0.1) is 0 Å². The van der Waals surface area contributed by atoms with Gasteiger partial charge in [0.1, 0.15) is 19.3 Å². The molecule has 3 unspecified atom stereocenters. The lowest BCUT2D eigenvalue weighted by molar-refractivity contribution is -0.870. The normalized spacial score (nSPS) is 14.3. The van der Waals surface area contributed by atoms with E-state index in [0.29, 0.717) is 23.9 Å². The summed E-state index contributed by atoms with van der Waals surface area (Å²) in [4.78, 5) is 40.0. The first-order valence-electron chi connectivity index (χ1n) is 31.5. The molecular weight excluding hydrogens is 976 g/mol. The van der Waals surface area contributed by atoms with Gasteiger partial charge >= 0.3 is 5.97 Å². The molecule has 0 saturated carbocycles. The Morgan fingerprint density at radius 2 is 0.792 bits per heavy atom. The molecule has 3 atom stereocenters. The maximum absolute atomic E-state index is 13.5. The van der Waals surface area contributed by atoms with Gasteiger partial charge < -0.3 is 28.5 Å². The minimum atomic E-state index is -4.71. The van der Waals surface area contributed by atoms with Gasteiger partial charge in [0.15, 0.2) is 0 Å². The Labute approximate surface area is 475 Å². The number of phosphoric acid groups is 1. The number of esters is 1. The van der Waals surface area contributed by atoms with Crippen LogP contribution in [0.3, 0.4) is 0 Å². The van der Waals surface area contributed by atoms with Crippen molar-refractivity contribution in [2.45, 2.75) is 277 Å². The maximum atomic E-state index is 13.5. The maximum Gasteiger partial charge on any atom is 0.306 e. The summed E-state index contributed by atoms with van der Waals surface area (Å²) >= 11 is 0. The zero-order chi connectivity index (χ0) is 56.4. The third kappa shape index (κ3) is 57.4. The van der Waals surface area contributed by atoms with Crippen LogP contribution in [-0.4, -0.2) is 69.4 Å². The molecular formula is C67H119N2O7P. The van der Waals surface area contributed by atoms with Crippen LogP contribution >= 0.6 is 7.82 Å². The van der Waals surface area contributed by atoms with Crippen molar-refractivity contribution in [2.75, 3.05) is 40.9 Å². The number of allylic oxidation sites excluding steroid dienone is 15. The third-order valence-corrected chi connectivity index (χ3v) is 14.5. The second kappa shape index (κ2) is 56.2. The van der Waals surface area contributed by atoms with E-state index >= 15 is 0 Å². The number of carbonyl (C=O) groups is 2. The van der Waals surface area contributed by atoms with Crippen LogP contribution in [0.25, 0.3) is 0 Å². The fraction of sp³-hybridized carbons (Fsp3) is 0.731. The summed E-state index contributed by atoms with van der Waals surface area (Å²) in [6.07, 6.45) is 75.1. The van der Waals surface area contributed by atoms with E-state index in [1.54, 1.807) is 0 Å². The topological polar surface area (TPSA) is 114 Å². The number of carbonyl (C=O) groups excluding carboxylic acids is 2. The number of nitrogens with one attached hydrogen (secondary N) is 1. The molecule has 0 saturated heterocycles. The molecule has 0 aliphatic carbocycles. The molecule has 0 aliphatic heterocycles. The van der Waals surface area contributed by atoms with Crippen molar-refractivity contribution in [1.29, 1.82) is 0 Å². The number of amides is 1. The van der Waals surface area contributed by atoms with Gasteiger partial charge in [0.2, 0.25) is 5.91 Å². The first-order chi connectivity index (χ1) is 37.4. The molecule has 0 aromatic carbocycles. The van der Waals surface area contributed by atoms with Crippen LogP contribution in [0.1, 0.15) is 265 Å². The average Bonchev–Trinajstić information content (AvgIpc) is 3.39. The molecule has 0 spiro atoms. The number of hydrogen-bond donors (Lipinski definition) is 1. The number of hydrogen-bond acceptors (Lipinski definition) is 7. The van der Waals surface area contributed by atoms with E-state index in [0.717, 1.165) is 109 Å². The van der Waals surface area contributed by atoms with Crippen LogP contribution in [0.5, 0.6) is 0 Å². The van der Waals surface area contributed by atoms with Crippen molar-refractivity contribution in [3.63, 3.8) is 0 Å². The predicted octanol–water partition coefficient (Wildman–Crippen LogP) is 18.9. The Bertz CT molecular complexity index is 1640. The van der Waals surface area contributed by atoms with E-state index in [-0.39, 0.29) is 24.9 Å². The lowest BCUT2D eigenvalue weighted by Crippen LogP contribution is -2.47. The van der Waals surface area contributed by atoms with Gasteiger partial charge in [-0.1, -0.05) is 234 Å². The molecule has 0 aromatic heterocycles. The Kier molecular flexibility index (Phi) is 54.0. The van der Waals surface area contributed by atoms with Gasteiger partial charge in [-0.2, -0.15) is 0 Å². The van der Waals surface area contributed by atoms with Gasteiger partial charge in [0, 0.05) is 12.8 Å². The molecule has 10 heteroatoms. The molecule has 1 N–H and O–H groups in total. The summed E-state index contributed by atoms with van der Waals surface area (Å²) in [6, 6.07) is -0.909. The quantitative estimate of drug-likeness (QED) is 0.0212. The highest BCUT2D eigenvalue weighted by Crippen LogP contribution is 2.38. The first kappa shape index (κ1) is 73.9. The number of phosphoric ester groups is 1. The Morgan fingerprint density at radius 1 is 0.455 bits per heavy atom. The Hall–Kier alpha value is -3.07. The molecule has 77 heavy (non-hydrogen) atoms. The van der Waals surface area contributed by atoms with Crippen LogP contribution < -0.4 is 10.2 Å². The SMILES string of the molecule is CCCCC/C=C\C/C=C\C/C=C\C/C=C\CCCCCCCCCC(=O)NC(COP(=O)([O-])OCC[N+](C)(C)C)C(/C=C\CCCCCCCCCCC)OC(=O)CCCCCC/C=C\C/C=C\C/C=C\CCCCC. The van der Waals surface area contributed by atoms with Crippen molar-refractivity contribution in [3.05, 3.63) is 97.2 Å². The molecule has 0 radical (unpaired) electrons. The molecule has 0 bridgehead atoms. The number of unbranched alkanes of at least 4 members (excludes halogenated alkanes) is 26. The van der Waals surface area contributed by atoms with Crippen molar-refractivity contribution in [1.82, 2.24) is 5.32 Å². The number of rotatable bonds is 56. The smallest absolute Gasteiger partial charge is 0.306 e. The Balaban J connectivity index is 5.25. The summed E-state index contributed by atoms with van der Waals surface area (Å²) < 4.78 is 30.3. The zero-order valence-corrected chi connectivity index (χ0v) is 51.5. The van der Waals surface area contributed by atoms with Crippen molar-refractivity contribution in [3.8, 4) is 0 Å². The fourth-order valence-electron chi connectivity index (χ4n) is 8.57. The number of likely N-dealkylation sites (N-methyl/N-ethyl adjacent to an activating group) is 1. The predicted molar refractivity (Wildman–Crippen MR) is 330 cm³/mol. The highest BCUT2D eigenvalue weighted by atomic mass is 31.2. The highest BCUT2D eigenvalue weighted by Gasteiger charge is 2.27. The van der Waals surface area contributed by atoms with E-state index in [4.69, 9.17) is 13.8 Å². The minimum absolute atomic E-state index is 0.0330. The van der Waals surface area contributed by atoms with Gasteiger partial charge in [0.25, 0.3) is 7.82 Å². The van der Waals surface area contributed by atoms with E-state index in [1.165, 1.54) is 116 Å². The number of nitrogens with zero attached hydrogens (tertiary/aromatic N) is 1. The van der Waals surface area contributed by atoms with E-state index in [2.05, 4.69) is 111 Å². The van der Waals surface area contributed by atoms with E-state index < -0.39 is 26.6 Å². The van der Waals surface area contributed by atoms with Gasteiger partial charge in [-0.25, -0.2) is 0 Å². The second-order valence-corrected chi connectivity index (χ2v) is 23.6. The molecule has 0 rings (SSSR count). The number of quaternary nitrogens is 1. The van der Waals surface area contributed by atoms with Gasteiger partial charge in [0.05, 0.1) is 33.8 Å². The van der Waals surface area contributed by atoms with E-state index in [9.17, 15) is 19.0 Å². The summed E-state index contributed by atoms with van der Waals surface area (Å²) in [5.41, 5.74) is 0. The molecule has 0 aliphatic rings. The van der Waals surface area contributed by atoms with Crippen molar-refractivity contribution >= 4 is 19.7 Å². The molecule has 9 nitrogen and oxygen atoms in total. The molecule has 0 fully saturated rings. The average molecular weight is 1100 g/mol. The van der Waals surface area contributed by atoms with Crippen molar-refractivity contribution < 1.29 is 37.3 Å². The lowest BCUT2D eigenvalue weighted by atomic mass is 10.1. The lowest BCUT2D eigenvalue weighted by Gasteiger charge is -2.30. The van der Waals surface area contributed by atoms with Crippen LogP contribution in [0.15, 0.2) is 97.2 Å². The highest BCUT2D eigenvalue weighted by molar-refractivity contribution is 7.45. The standard InChI is InChI=1S/C67H119N2O7P/c1-7-10-13-16-19-22-25-27-29-31-32-33-34-35-36-38-39-41-44-47-50-53-56-59-66(70)68-64(63-75-77(72,73)74-62-61-69(4,5)6)65(58-55-52-49-46-43-24-21-18-15-12-9-3)76-67(71)60-57-54-51-48-45-42-40-37-30-28-26-23-20-17-14-11-8-2/h19-20,22-23,27-30,32-33,35-36,40,42,55,58,64-65H,7-18,21,24-26,31,34,37-39,41,43-54,56-57,59-63H2,1-6H3,(H-,68,70,72,73)/b22-19-,23-20-,29-27-,30-28-,33-32-,36-35-,42-40-,58-55-. The molecule has 444 valence electrons. The fourth-order valence-corrected chi connectivity index (χ4v) is 9.29. The zero-order valence-electron chi connectivity index (χ0n) is 50.6. The molecule has 1 amide bonds. The minimum Gasteiger partial charge on any atom is -0.756 e. The Morgan fingerprint density at radius 3 is 1.21 bits per heavy atom. The van der Waals surface area contributed by atoms with Gasteiger partial charge in [-0.05, 0) is 115 Å². The molecule has 0 aromatic rings. The summed E-state index contributed by atoms with van der Waals surface area (Å²) in [5, 5.41) is 3.02. The first-order valence-corrected chi connectivity index (χ1v) is 33.0. The summed E-state index contributed by atoms with van der Waals surface area (Å²) in [6.45, 7) is 6.75. The van der Waals surface area contributed by atoms with Crippen LogP contribution in [-0.2, 0) is 27.9 Å². The van der Waals surface area contributed by atoms with E-state index in [1.807, 2.05) is 33.3 Å².